The van der Waals surface area contributed by atoms with E-state index in [1.54, 1.807) is 23.0 Å². The number of para-hydroxylation sites is 1. The van der Waals surface area contributed by atoms with Gasteiger partial charge in [0.05, 0.1) is 11.6 Å². The Balaban J connectivity index is 1.32. The minimum Gasteiger partial charge on any atom is -0.422 e. The zero-order chi connectivity index (χ0) is 21.6. The molecule has 31 heavy (non-hydrogen) atoms. The van der Waals surface area contributed by atoms with Crippen molar-refractivity contribution in [2.75, 3.05) is 26.2 Å². The smallest absolute Gasteiger partial charge is 0.347 e. The van der Waals surface area contributed by atoms with Crippen LogP contribution in [-0.2, 0) is 16.7 Å². The molecule has 1 fully saturated rings. The summed E-state index contributed by atoms with van der Waals surface area (Å²) in [4.78, 5) is 14.4. The number of hydrogen-bond acceptors (Lipinski definition) is 6. The molecule has 1 aliphatic heterocycles. The highest BCUT2D eigenvalue weighted by molar-refractivity contribution is 7.89. The standard InChI is InChI=1S/C21H19FN4O4S/c22-15-5-7-16(8-6-15)31(28,29)26-11-9-24(10-12-26)14-25-13-18-20(23-25)17-3-1-2-4-19(17)30-21(18)27/h1-8,13H,9-12,14H2. The van der Waals surface area contributed by atoms with E-state index in [0.717, 1.165) is 17.5 Å². The molecule has 0 radical (unpaired) electrons. The van der Waals surface area contributed by atoms with Crippen LogP contribution in [0, 0.1) is 5.82 Å². The van der Waals surface area contributed by atoms with Crippen LogP contribution < -0.4 is 5.63 Å². The lowest BCUT2D eigenvalue weighted by molar-refractivity contribution is 0.146. The lowest BCUT2D eigenvalue weighted by Crippen LogP contribution is -2.48. The maximum atomic E-state index is 13.1. The molecule has 4 aromatic rings. The summed E-state index contributed by atoms with van der Waals surface area (Å²) in [6.07, 6.45) is 1.66. The van der Waals surface area contributed by atoms with Crippen LogP contribution in [0.3, 0.4) is 0 Å². The summed E-state index contributed by atoms with van der Waals surface area (Å²) in [6, 6.07) is 12.1. The van der Waals surface area contributed by atoms with E-state index in [-0.39, 0.29) is 4.90 Å². The maximum absolute atomic E-state index is 13.1. The third-order valence-electron chi connectivity index (χ3n) is 5.45. The quantitative estimate of drug-likeness (QED) is 0.451. The molecule has 0 aliphatic carbocycles. The topological polar surface area (TPSA) is 88.7 Å². The minimum absolute atomic E-state index is 0.0827. The summed E-state index contributed by atoms with van der Waals surface area (Å²) in [5.74, 6) is -0.475. The largest absolute Gasteiger partial charge is 0.422 e. The van der Waals surface area contributed by atoms with E-state index in [0.29, 0.717) is 49.3 Å². The number of nitrogens with zero attached hydrogens (tertiary/aromatic N) is 4. The maximum Gasteiger partial charge on any atom is 0.347 e. The summed E-state index contributed by atoms with van der Waals surface area (Å²) >= 11 is 0. The first-order chi connectivity index (χ1) is 14.9. The van der Waals surface area contributed by atoms with Crippen molar-refractivity contribution < 1.29 is 17.2 Å². The fraction of sp³-hybridized carbons (Fsp3) is 0.238. The molecule has 0 saturated carbocycles. The molecule has 2 aromatic heterocycles. The lowest BCUT2D eigenvalue weighted by atomic mass is 10.2. The highest BCUT2D eigenvalue weighted by Crippen LogP contribution is 2.22. The number of fused-ring (bicyclic) bond motifs is 3. The number of piperazine rings is 1. The van der Waals surface area contributed by atoms with E-state index in [2.05, 4.69) is 10.00 Å². The van der Waals surface area contributed by atoms with Crippen LogP contribution in [0.1, 0.15) is 0 Å². The van der Waals surface area contributed by atoms with Crippen LogP contribution in [-0.4, -0.2) is 53.6 Å². The van der Waals surface area contributed by atoms with E-state index >= 15 is 0 Å². The molecule has 160 valence electrons. The average molecular weight is 442 g/mol. The first kappa shape index (κ1) is 19.9. The molecule has 0 bridgehead atoms. The molecule has 0 amide bonds. The first-order valence-corrected chi connectivity index (χ1v) is 11.2. The van der Waals surface area contributed by atoms with Crippen molar-refractivity contribution in [2.24, 2.45) is 0 Å². The van der Waals surface area contributed by atoms with Crippen LogP contribution in [0.25, 0.3) is 21.9 Å². The second-order valence-corrected chi connectivity index (χ2v) is 9.37. The third-order valence-corrected chi connectivity index (χ3v) is 7.37. The molecule has 0 atom stereocenters. The Labute approximate surface area is 177 Å². The fourth-order valence-electron chi connectivity index (χ4n) is 3.82. The van der Waals surface area contributed by atoms with E-state index in [9.17, 15) is 17.6 Å². The molecule has 1 aliphatic rings. The fourth-order valence-corrected chi connectivity index (χ4v) is 5.24. The van der Waals surface area contributed by atoms with Crippen molar-refractivity contribution in [3.05, 3.63) is 71.0 Å². The van der Waals surface area contributed by atoms with Gasteiger partial charge in [-0.25, -0.2) is 17.6 Å². The number of benzene rings is 2. The predicted octanol–water partition coefficient (Wildman–Crippen LogP) is 2.25. The van der Waals surface area contributed by atoms with Gasteiger partial charge in [0.15, 0.2) is 0 Å². The number of aromatic nitrogens is 2. The zero-order valence-electron chi connectivity index (χ0n) is 16.4. The molecular formula is C21H19FN4O4S. The van der Waals surface area contributed by atoms with Gasteiger partial charge in [0.25, 0.3) is 0 Å². The molecule has 10 heteroatoms. The molecular weight excluding hydrogens is 423 g/mol. The van der Waals surface area contributed by atoms with Gasteiger partial charge in [-0.2, -0.15) is 9.40 Å². The van der Waals surface area contributed by atoms with E-state index < -0.39 is 21.5 Å². The number of rotatable bonds is 4. The van der Waals surface area contributed by atoms with Crippen molar-refractivity contribution in [1.82, 2.24) is 19.0 Å². The monoisotopic (exact) mass is 442 g/mol. The lowest BCUT2D eigenvalue weighted by Gasteiger charge is -2.33. The zero-order valence-corrected chi connectivity index (χ0v) is 17.3. The molecule has 8 nitrogen and oxygen atoms in total. The Morgan fingerprint density at radius 2 is 1.68 bits per heavy atom. The normalized spacial score (nSPS) is 16.3. The molecule has 3 heterocycles. The molecule has 0 unspecified atom stereocenters. The number of sulfonamides is 1. The molecule has 5 rings (SSSR count). The van der Waals surface area contributed by atoms with Crippen molar-refractivity contribution in [1.29, 1.82) is 0 Å². The van der Waals surface area contributed by atoms with Crippen LogP contribution in [0.4, 0.5) is 4.39 Å². The van der Waals surface area contributed by atoms with E-state index in [1.807, 2.05) is 12.1 Å². The van der Waals surface area contributed by atoms with Gasteiger partial charge in [-0.3, -0.25) is 9.58 Å². The predicted molar refractivity (Wildman–Crippen MR) is 113 cm³/mol. The van der Waals surface area contributed by atoms with Gasteiger partial charge in [-0.1, -0.05) is 12.1 Å². The summed E-state index contributed by atoms with van der Waals surface area (Å²) in [5, 5.41) is 5.75. The van der Waals surface area contributed by atoms with Crippen molar-refractivity contribution in [2.45, 2.75) is 11.6 Å². The Hall–Kier alpha value is -3.08. The summed E-state index contributed by atoms with van der Waals surface area (Å²) in [6.45, 7) is 2.06. The minimum atomic E-state index is -3.66. The SMILES string of the molecule is O=c1oc2ccccc2c2nn(CN3CCN(S(=O)(=O)c4ccc(F)cc4)CC3)cc12. The van der Waals surface area contributed by atoms with Gasteiger partial charge in [-0.15, -0.1) is 0 Å². The van der Waals surface area contributed by atoms with Gasteiger partial charge in [0, 0.05) is 37.8 Å². The molecule has 0 N–H and O–H groups in total. The van der Waals surface area contributed by atoms with Crippen molar-refractivity contribution in [3.8, 4) is 0 Å². The van der Waals surface area contributed by atoms with Crippen LogP contribution in [0.15, 0.2) is 68.8 Å². The van der Waals surface area contributed by atoms with E-state index in [4.69, 9.17) is 4.42 Å². The Morgan fingerprint density at radius 3 is 2.42 bits per heavy atom. The van der Waals surface area contributed by atoms with Crippen molar-refractivity contribution >= 4 is 31.9 Å². The summed E-state index contributed by atoms with van der Waals surface area (Å²) in [5.41, 5.74) is 0.643. The summed E-state index contributed by atoms with van der Waals surface area (Å²) < 4.78 is 47.1. The molecule has 2 aromatic carbocycles. The van der Waals surface area contributed by atoms with Gasteiger partial charge in [0.1, 0.15) is 22.3 Å². The van der Waals surface area contributed by atoms with Crippen LogP contribution in [0.2, 0.25) is 0 Å². The molecule has 0 spiro atoms. The summed E-state index contributed by atoms with van der Waals surface area (Å²) in [7, 11) is -3.66. The van der Waals surface area contributed by atoms with Crippen molar-refractivity contribution in [3.63, 3.8) is 0 Å². The Bertz CT molecular complexity index is 1420. The highest BCUT2D eigenvalue weighted by Gasteiger charge is 2.28. The second-order valence-electron chi connectivity index (χ2n) is 7.43. The molecule has 1 saturated heterocycles. The Morgan fingerprint density at radius 1 is 0.968 bits per heavy atom. The van der Waals surface area contributed by atoms with Gasteiger partial charge in [0.2, 0.25) is 10.0 Å². The first-order valence-electron chi connectivity index (χ1n) is 9.79. The van der Waals surface area contributed by atoms with Crippen LogP contribution >= 0.6 is 0 Å². The van der Waals surface area contributed by atoms with E-state index in [1.165, 1.54) is 16.4 Å². The highest BCUT2D eigenvalue weighted by atomic mass is 32.2. The average Bonchev–Trinajstić information content (AvgIpc) is 3.19. The van der Waals surface area contributed by atoms with Gasteiger partial charge >= 0.3 is 5.63 Å². The second kappa shape index (κ2) is 7.56. The van der Waals surface area contributed by atoms with Crippen LogP contribution in [0.5, 0.6) is 0 Å². The number of hydrogen-bond donors (Lipinski definition) is 0. The Kier molecular flexibility index (Phi) is 4.84. The van der Waals surface area contributed by atoms with Gasteiger partial charge < -0.3 is 4.42 Å². The third kappa shape index (κ3) is 3.62. The number of halogens is 1. The van der Waals surface area contributed by atoms with Gasteiger partial charge in [-0.05, 0) is 36.4 Å².